The number of allylic oxidation sites excluding steroid dienone is 4. The molecule has 1 atom stereocenters. The smallest absolute Gasteiger partial charge is 0.149 e. The van der Waals surface area contributed by atoms with Gasteiger partial charge in [-0.1, -0.05) is 6.07 Å². The van der Waals surface area contributed by atoms with Gasteiger partial charge in [0, 0.05) is 35.8 Å². The molecule has 2 heterocycles. The molecule has 1 unspecified atom stereocenters. The van der Waals surface area contributed by atoms with Crippen molar-refractivity contribution >= 4 is 17.5 Å². The largest absolute Gasteiger partial charge is 0.384 e. The average molecular weight is 435 g/mol. The van der Waals surface area contributed by atoms with Crippen molar-refractivity contribution in [2.24, 2.45) is 10.2 Å². The molecule has 1 N–H and O–H groups in total. The molecule has 1 aliphatic heterocycles. The van der Waals surface area contributed by atoms with E-state index in [0.717, 1.165) is 47.2 Å². The number of nitrogens with zero attached hydrogens (tertiary/aromatic N) is 3. The van der Waals surface area contributed by atoms with E-state index in [1.165, 1.54) is 11.6 Å². The highest BCUT2D eigenvalue weighted by molar-refractivity contribution is 6.22. The molecule has 4 rings (SSSR count). The van der Waals surface area contributed by atoms with Gasteiger partial charge in [0.1, 0.15) is 17.3 Å². The Morgan fingerprint density at radius 1 is 1.22 bits per heavy atom. The summed E-state index contributed by atoms with van der Waals surface area (Å²) >= 11 is 0. The third kappa shape index (κ3) is 4.27. The maximum Gasteiger partial charge on any atom is 0.149 e. The second kappa shape index (κ2) is 9.15. The Labute approximate surface area is 187 Å². The number of hydrogen-bond acceptors (Lipinski definition) is 4. The van der Waals surface area contributed by atoms with E-state index in [0.29, 0.717) is 17.8 Å². The van der Waals surface area contributed by atoms with E-state index in [1.54, 1.807) is 25.4 Å². The first kappa shape index (κ1) is 22.1. The Bertz CT molecular complexity index is 1170. The van der Waals surface area contributed by atoms with Crippen LogP contribution in [-0.4, -0.2) is 16.9 Å². The van der Waals surface area contributed by atoms with Crippen LogP contribution in [0.25, 0.3) is 5.57 Å². The van der Waals surface area contributed by atoms with Crippen LogP contribution in [0.3, 0.4) is 0 Å². The molecule has 0 spiro atoms. The SMILES string of the molecule is C\C=N/N=C(C)/C(=C\C1=C(/C)NCc2c(F)ccc3c2C(CC3)C1)c1ncc(C)cc1F. The van der Waals surface area contributed by atoms with E-state index in [2.05, 4.69) is 20.5 Å². The maximum absolute atomic E-state index is 14.9. The Balaban J connectivity index is 1.81. The van der Waals surface area contributed by atoms with Gasteiger partial charge in [-0.25, -0.2) is 8.78 Å². The predicted octanol–water partition coefficient (Wildman–Crippen LogP) is 6.02. The molecular weight excluding hydrogens is 406 g/mol. The maximum atomic E-state index is 14.9. The molecule has 32 heavy (non-hydrogen) atoms. The fourth-order valence-corrected chi connectivity index (χ4v) is 4.64. The molecule has 2 aliphatic rings. The van der Waals surface area contributed by atoms with Crippen LogP contribution in [0.2, 0.25) is 0 Å². The van der Waals surface area contributed by atoms with Crippen LogP contribution in [0.4, 0.5) is 8.78 Å². The molecule has 0 saturated heterocycles. The molecule has 0 fully saturated rings. The van der Waals surface area contributed by atoms with Gasteiger partial charge in [-0.3, -0.25) is 4.98 Å². The van der Waals surface area contributed by atoms with Gasteiger partial charge in [-0.05, 0) is 93.3 Å². The molecule has 0 bridgehead atoms. The summed E-state index contributed by atoms with van der Waals surface area (Å²) in [6.45, 7) is 7.83. The zero-order chi connectivity index (χ0) is 22.8. The fourth-order valence-electron chi connectivity index (χ4n) is 4.64. The standard InChI is InChI=1S/C26H28F2N4/c1-5-31-32-17(4)21(26-24(28)10-15(2)13-30-26)12-20-11-19-7-6-18-8-9-23(27)22(25(18)19)14-29-16(20)3/h5,8-10,12-13,19,29H,6-7,11,14H2,1-4H3/b20-16+,21-12+,31-5-,32-17+. The van der Waals surface area contributed by atoms with Crippen LogP contribution in [0.15, 0.2) is 51.9 Å². The van der Waals surface area contributed by atoms with Crippen LogP contribution >= 0.6 is 0 Å². The minimum Gasteiger partial charge on any atom is -0.384 e. The second-order valence-electron chi connectivity index (χ2n) is 8.50. The number of pyridine rings is 1. The van der Waals surface area contributed by atoms with E-state index in [1.807, 2.05) is 32.9 Å². The summed E-state index contributed by atoms with van der Waals surface area (Å²) in [5, 5.41) is 11.6. The summed E-state index contributed by atoms with van der Waals surface area (Å²) in [6, 6.07) is 4.97. The molecule has 6 heteroatoms. The van der Waals surface area contributed by atoms with Gasteiger partial charge in [0.05, 0.1) is 5.71 Å². The van der Waals surface area contributed by atoms with Crippen LogP contribution in [0.5, 0.6) is 0 Å². The van der Waals surface area contributed by atoms with Crippen LogP contribution in [0, 0.1) is 18.6 Å². The number of hydrogen-bond donors (Lipinski definition) is 1. The topological polar surface area (TPSA) is 49.6 Å². The first-order chi connectivity index (χ1) is 15.4. The van der Waals surface area contributed by atoms with Crippen molar-refractivity contribution in [3.8, 4) is 0 Å². The molecule has 166 valence electrons. The molecule has 4 nitrogen and oxygen atoms in total. The van der Waals surface area contributed by atoms with Crippen LogP contribution in [-0.2, 0) is 13.0 Å². The monoisotopic (exact) mass is 434 g/mol. The zero-order valence-electron chi connectivity index (χ0n) is 19.0. The molecule has 0 amide bonds. The molecule has 1 aliphatic carbocycles. The molecular formula is C26H28F2N4. The highest BCUT2D eigenvalue weighted by Gasteiger charge is 2.30. The minimum atomic E-state index is -0.390. The Kier molecular flexibility index (Phi) is 6.31. The quantitative estimate of drug-likeness (QED) is 0.473. The summed E-state index contributed by atoms with van der Waals surface area (Å²) < 4.78 is 29.5. The van der Waals surface area contributed by atoms with Crippen molar-refractivity contribution in [2.45, 2.75) is 59.4 Å². The van der Waals surface area contributed by atoms with Gasteiger partial charge in [0.15, 0.2) is 0 Å². The van der Waals surface area contributed by atoms with Gasteiger partial charge in [0.25, 0.3) is 0 Å². The Morgan fingerprint density at radius 3 is 2.78 bits per heavy atom. The summed E-state index contributed by atoms with van der Waals surface area (Å²) in [7, 11) is 0. The van der Waals surface area contributed by atoms with Crippen molar-refractivity contribution in [2.75, 3.05) is 0 Å². The molecule has 0 saturated carbocycles. The van der Waals surface area contributed by atoms with Gasteiger partial charge < -0.3 is 5.32 Å². The molecule has 1 aromatic heterocycles. The summed E-state index contributed by atoms with van der Waals surface area (Å²) in [4.78, 5) is 4.37. The summed E-state index contributed by atoms with van der Waals surface area (Å²) in [5.74, 6) is -0.303. The lowest BCUT2D eigenvalue weighted by Crippen LogP contribution is -2.19. The molecule has 0 radical (unpaired) electrons. The lowest BCUT2D eigenvalue weighted by atomic mass is 9.86. The van der Waals surface area contributed by atoms with E-state index in [-0.39, 0.29) is 23.2 Å². The van der Waals surface area contributed by atoms with Gasteiger partial charge >= 0.3 is 0 Å². The van der Waals surface area contributed by atoms with E-state index >= 15 is 0 Å². The van der Waals surface area contributed by atoms with Gasteiger partial charge in [-0.15, -0.1) is 0 Å². The van der Waals surface area contributed by atoms with E-state index in [4.69, 9.17) is 0 Å². The van der Waals surface area contributed by atoms with Crippen molar-refractivity contribution < 1.29 is 8.78 Å². The highest BCUT2D eigenvalue weighted by atomic mass is 19.1. The third-order valence-corrected chi connectivity index (χ3v) is 6.30. The van der Waals surface area contributed by atoms with E-state index in [9.17, 15) is 8.78 Å². The number of benzene rings is 1. The minimum absolute atomic E-state index is 0.151. The Hall–Kier alpha value is -3.15. The van der Waals surface area contributed by atoms with Crippen molar-refractivity contribution in [3.63, 3.8) is 0 Å². The van der Waals surface area contributed by atoms with Crippen molar-refractivity contribution in [1.82, 2.24) is 10.3 Å². The van der Waals surface area contributed by atoms with Crippen molar-refractivity contribution in [1.29, 1.82) is 0 Å². The second-order valence-corrected chi connectivity index (χ2v) is 8.50. The number of halogens is 2. The lowest BCUT2D eigenvalue weighted by Gasteiger charge is -2.24. The molecule has 1 aromatic carbocycles. The predicted molar refractivity (Wildman–Crippen MR) is 126 cm³/mol. The van der Waals surface area contributed by atoms with Gasteiger partial charge in [0.2, 0.25) is 0 Å². The number of rotatable bonds is 4. The van der Waals surface area contributed by atoms with Crippen LogP contribution < -0.4 is 5.32 Å². The third-order valence-electron chi connectivity index (χ3n) is 6.30. The lowest BCUT2D eigenvalue weighted by molar-refractivity contribution is 0.578. The fraction of sp³-hybridized carbons (Fsp3) is 0.346. The normalized spacial score (nSPS) is 21.4. The first-order valence-electron chi connectivity index (χ1n) is 11.0. The summed E-state index contributed by atoms with van der Waals surface area (Å²) in [5.41, 5.74) is 7.33. The van der Waals surface area contributed by atoms with E-state index < -0.39 is 0 Å². The van der Waals surface area contributed by atoms with Gasteiger partial charge in [-0.2, -0.15) is 10.2 Å². The number of aromatic nitrogens is 1. The zero-order valence-corrected chi connectivity index (χ0v) is 19.0. The average Bonchev–Trinajstić information content (AvgIpc) is 3.16. The summed E-state index contributed by atoms with van der Waals surface area (Å²) in [6.07, 6.45) is 7.89. The van der Waals surface area contributed by atoms with Crippen LogP contribution in [0.1, 0.15) is 67.5 Å². The number of nitrogens with one attached hydrogen (secondary N) is 1. The first-order valence-corrected chi connectivity index (χ1v) is 11.0. The Morgan fingerprint density at radius 2 is 2.03 bits per heavy atom. The number of aryl methyl sites for hydroxylation is 2. The van der Waals surface area contributed by atoms with Crippen molar-refractivity contribution in [3.05, 3.63) is 81.3 Å². The highest BCUT2D eigenvalue weighted by Crippen LogP contribution is 2.42. The molecule has 2 aromatic rings.